The Balaban J connectivity index is 2.10. The quantitative estimate of drug-likeness (QED) is 0.591. The molecule has 0 saturated carbocycles. The van der Waals surface area contributed by atoms with E-state index in [-0.39, 0.29) is 11.7 Å². The highest BCUT2D eigenvalue weighted by Gasteiger charge is 2.35. The fraction of sp³-hybridized carbons (Fsp3) is 0.579. The average Bonchev–Trinajstić information content (AvgIpc) is 2.59. The Morgan fingerprint density at radius 3 is 2.20 bits per heavy atom. The van der Waals surface area contributed by atoms with Gasteiger partial charge < -0.3 is 9.84 Å². The van der Waals surface area contributed by atoms with Crippen LogP contribution in [0.2, 0.25) is 0 Å². The molecule has 1 aliphatic rings. The molecule has 0 bridgehead atoms. The number of Topliss-reactive ketones (excluding diaryl/α,β-unsaturated/α-hetero) is 1. The fourth-order valence-corrected chi connectivity index (χ4v) is 3.88. The van der Waals surface area contributed by atoms with Crippen molar-refractivity contribution in [3.8, 4) is 0 Å². The third-order valence-corrected chi connectivity index (χ3v) is 6.13. The molecule has 0 spiro atoms. The number of carboxylic acid groups (broad SMARTS) is 1. The molecule has 1 aromatic carbocycles. The maximum absolute atomic E-state index is 12.9. The second kappa shape index (κ2) is 8.34. The summed E-state index contributed by atoms with van der Waals surface area (Å²) >= 11 is 1.32. The summed E-state index contributed by atoms with van der Waals surface area (Å²) < 4.78 is 5.37. The lowest BCUT2D eigenvalue weighted by Gasteiger charge is -2.39. The number of hydrogen-bond acceptors (Lipinski definition) is 5. The standard InChI is InChI=1S/C19H27NO4S/c1-13(2)16(18(22)23)25-15-7-5-14(6-8-15)17(21)19(3,4)20-9-11-24-12-10-20/h5-8,13,16H,9-12H2,1-4H3,(H,22,23). The van der Waals surface area contributed by atoms with E-state index < -0.39 is 16.8 Å². The fourth-order valence-electron chi connectivity index (χ4n) is 2.92. The number of benzene rings is 1. The summed E-state index contributed by atoms with van der Waals surface area (Å²) in [5, 5.41) is 8.81. The number of nitrogens with zero attached hydrogens (tertiary/aromatic N) is 1. The van der Waals surface area contributed by atoms with Gasteiger partial charge in [0.1, 0.15) is 5.25 Å². The van der Waals surface area contributed by atoms with Crippen LogP contribution >= 0.6 is 11.8 Å². The molecule has 1 aromatic rings. The van der Waals surface area contributed by atoms with Crippen LogP contribution in [0, 0.1) is 5.92 Å². The van der Waals surface area contributed by atoms with E-state index in [9.17, 15) is 14.7 Å². The first-order valence-corrected chi connectivity index (χ1v) is 9.48. The second-order valence-electron chi connectivity index (χ2n) is 7.13. The average molecular weight is 365 g/mol. The molecule has 2 rings (SSSR count). The van der Waals surface area contributed by atoms with Crippen molar-refractivity contribution in [2.75, 3.05) is 26.3 Å². The van der Waals surface area contributed by atoms with Crippen molar-refractivity contribution in [2.45, 2.75) is 43.4 Å². The Labute approximate surface area is 153 Å². The Kier molecular flexibility index (Phi) is 6.65. The zero-order valence-electron chi connectivity index (χ0n) is 15.3. The zero-order valence-corrected chi connectivity index (χ0v) is 16.1. The van der Waals surface area contributed by atoms with Crippen LogP contribution in [0.1, 0.15) is 38.1 Å². The molecule has 1 aliphatic heterocycles. The SMILES string of the molecule is CC(C)C(Sc1ccc(C(=O)C(C)(C)N2CCOCC2)cc1)C(=O)O. The molecule has 0 amide bonds. The monoisotopic (exact) mass is 365 g/mol. The van der Waals surface area contributed by atoms with Gasteiger partial charge in [-0.3, -0.25) is 14.5 Å². The summed E-state index contributed by atoms with van der Waals surface area (Å²) in [7, 11) is 0. The van der Waals surface area contributed by atoms with Crippen LogP contribution in [-0.4, -0.2) is 58.9 Å². The number of ether oxygens (including phenoxy) is 1. The van der Waals surface area contributed by atoms with Crippen LogP contribution in [0.4, 0.5) is 0 Å². The number of aliphatic carboxylic acids is 1. The summed E-state index contributed by atoms with van der Waals surface area (Å²) in [5.41, 5.74) is 0.0669. The highest BCUT2D eigenvalue weighted by atomic mass is 32.2. The van der Waals surface area contributed by atoms with Gasteiger partial charge in [-0.1, -0.05) is 26.0 Å². The van der Waals surface area contributed by atoms with E-state index in [1.807, 2.05) is 39.8 Å². The van der Waals surface area contributed by atoms with Gasteiger partial charge in [-0.15, -0.1) is 11.8 Å². The molecule has 0 aliphatic carbocycles. The topological polar surface area (TPSA) is 66.8 Å². The van der Waals surface area contributed by atoms with Crippen molar-refractivity contribution in [3.05, 3.63) is 29.8 Å². The van der Waals surface area contributed by atoms with E-state index >= 15 is 0 Å². The van der Waals surface area contributed by atoms with Crippen molar-refractivity contribution in [2.24, 2.45) is 5.92 Å². The van der Waals surface area contributed by atoms with Crippen LogP contribution < -0.4 is 0 Å². The van der Waals surface area contributed by atoms with Gasteiger partial charge in [0, 0.05) is 23.5 Å². The second-order valence-corrected chi connectivity index (χ2v) is 8.35. The van der Waals surface area contributed by atoms with E-state index in [1.54, 1.807) is 12.1 Å². The van der Waals surface area contributed by atoms with E-state index in [2.05, 4.69) is 4.90 Å². The van der Waals surface area contributed by atoms with Gasteiger partial charge in [-0.25, -0.2) is 0 Å². The lowest BCUT2D eigenvalue weighted by atomic mass is 9.91. The lowest BCUT2D eigenvalue weighted by molar-refractivity contribution is -0.137. The Morgan fingerprint density at radius 1 is 1.16 bits per heavy atom. The van der Waals surface area contributed by atoms with Crippen molar-refractivity contribution < 1.29 is 19.4 Å². The maximum Gasteiger partial charge on any atom is 0.317 e. The molecule has 1 N–H and O–H groups in total. The minimum absolute atomic E-state index is 0.0315. The number of morpholine rings is 1. The summed E-state index contributed by atoms with van der Waals surface area (Å²) in [5.74, 6) is -0.706. The third-order valence-electron chi connectivity index (χ3n) is 4.59. The molecule has 1 atom stereocenters. The third kappa shape index (κ3) is 4.84. The molecular formula is C19H27NO4S. The van der Waals surface area contributed by atoms with Crippen molar-refractivity contribution in [3.63, 3.8) is 0 Å². The zero-order chi connectivity index (χ0) is 18.6. The van der Waals surface area contributed by atoms with Gasteiger partial charge in [0.2, 0.25) is 0 Å². The maximum atomic E-state index is 12.9. The number of carbonyl (C=O) groups is 2. The number of hydrogen-bond donors (Lipinski definition) is 1. The van der Waals surface area contributed by atoms with E-state index in [1.165, 1.54) is 11.8 Å². The predicted octanol–water partition coefficient (Wildman–Crippen LogP) is 3.18. The van der Waals surface area contributed by atoms with Crippen molar-refractivity contribution in [1.29, 1.82) is 0 Å². The van der Waals surface area contributed by atoms with Crippen LogP contribution in [0.5, 0.6) is 0 Å². The molecule has 6 heteroatoms. The number of carbonyl (C=O) groups excluding carboxylic acids is 1. The van der Waals surface area contributed by atoms with Crippen molar-refractivity contribution >= 4 is 23.5 Å². The lowest BCUT2D eigenvalue weighted by Crippen LogP contribution is -2.54. The first-order chi connectivity index (χ1) is 11.7. The van der Waals surface area contributed by atoms with Crippen LogP contribution in [0.25, 0.3) is 0 Å². The smallest absolute Gasteiger partial charge is 0.317 e. The normalized spacial score (nSPS) is 17.5. The van der Waals surface area contributed by atoms with Gasteiger partial charge in [0.05, 0.1) is 18.8 Å². The highest BCUT2D eigenvalue weighted by molar-refractivity contribution is 8.00. The molecule has 1 fully saturated rings. The van der Waals surface area contributed by atoms with E-state index in [0.717, 1.165) is 18.0 Å². The Morgan fingerprint density at radius 2 is 1.72 bits per heavy atom. The number of carboxylic acids is 1. The van der Waals surface area contributed by atoms with Gasteiger partial charge in [0.15, 0.2) is 5.78 Å². The van der Waals surface area contributed by atoms with Gasteiger partial charge in [-0.2, -0.15) is 0 Å². The van der Waals surface area contributed by atoms with Crippen molar-refractivity contribution in [1.82, 2.24) is 4.90 Å². The highest BCUT2D eigenvalue weighted by Crippen LogP contribution is 2.29. The summed E-state index contributed by atoms with van der Waals surface area (Å²) in [6.07, 6.45) is 0. The first-order valence-electron chi connectivity index (χ1n) is 8.60. The first kappa shape index (κ1) is 19.9. The number of thioether (sulfide) groups is 1. The summed E-state index contributed by atoms with van der Waals surface area (Å²) in [4.78, 5) is 27.3. The number of rotatable bonds is 7. The minimum Gasteiger partial charge on any atom is -0.480 e. The molecule has 1 heterocycles. The van der Waals surface area contributed by atoms with E-state index in [4.69, 9.17) is 4.74 Å². The molecule has 0 aromatic heterocycles. The minimum atomic E-state index is -0.811. The Hall–Kier alpha value is -1.37. The number of ketones is 1. The largest absolute Gasteiger partial charge is 0.480 e. The summed E-state index contributed by atoms with van der Waals surface area (Å²) in [6, 6.07) is 7.27. The Bertz CT molecular complexity index is 606. The molecule has 5 nitrogen and oxygen atoms in total. The van der Waals surface area contributed by atoms with Crippen LogP contribution in [0.15, 0.2) is 29.2 Å². The molecular weight excluding hydrogens is 338 g/mol. The van der Waals surface area contributed by atoms with Gasteiger partial charge in [0.25, 0.3) is 0 Å². The van der Waals surface area contributed by atoms with Crippen LogP contribution in [0.3, 0.4) is 0 Å². The molecule has 138 valence electrons. The van der Waals surface area contributed by atoms with Crippen LogP contribution in [-0.2, 0) is 9.53 Å². The molecule has 0 radical (unpaired) electrons. The summed E-state index contributed by atoms with van der Waals surface area (Å²) in [6.45, 7) is 10.5. The van der Waals surface area contributed by atoms with E-state index in [0.29, 0.717) is 18.8 Å². The van der Waals surface area contributed by atoms with Gasteiger partial charge in [-0.05, 0) is 31.9 Å². The predicted molar refractivity (Wildman–Crippen MR) is 99.4 cm³/mol. The molecule has 1 saturated heterocycles. The molecule has 25 heavy (non-hydrogen) atoms. The molecule has 1 unspecified atom stereocenters. The van der Waals surface area contributed by atoms with Gasteiger partial charge >= 0.3 is 5.97 Å².